The van der Waals surface area contributed by atoms with Crippen LogP contribution < -0.4 is 14.6 Å². The Bertz CT molecular complexity index is 870. The molecule has 0 aromatic heterocycles. The molecule has 0 spiro atoms. The van der Waals surface area contributed by atoms with Crippen molar-refractivity contribution in [2.75, 3.05) is 7.11 Å². The van der Waals surface area contributed by atoms with Crippen LogP contribution in [0.1, 0.15) is 5.56 Å². The molecule has 0 saturated carbocycles. The molecule has 0 amide bonds. The Labute approximate surface area is 156 Å². The van der Waals surface area contributed by atoms with E-state index in [2.05, 4.69) is 4.74 Å². The Hall–Kier alpha value is -3.14. The molecule has 0 unspecified atom stereocenters. The minimum atomic E-state index is -3.14. The summed E-state index contributed by atoms with van der Waals surface area (Å²) in [6, 6.07) is 9.39. The van der Waals surface area contributed by atoms with Gasteiger partial charge in [-0.1, -0.05) is 23.9 Å². The lowest BCUT2D eigenvalue weighted by Gasteiger charge is -2.14. The predicted octanol–water partition coefficient (Wildman–Crippen LogP) is 3.09. The van der Waals surface area contributed by atoms with Crippen molar-refractivity contribution >= 4 is 29.5 Å². The fraction of sp³-hybridized carbons (Fsp3) is 0.118. The lowest BCUT2D eigenvalue weighted by Crippen LogP contribution is -2.23. The minimum absolute atomic E-state index is 0.00193. The van der Waals surface area contributed by atoms with Gasteiger partial charge in [-0.25, -0.2) is 0 Å². The van der Waals surface area contributed by atoms with Crippen molar-refractivity contribution < 1.29 is 33.1 Å². The van der Waals surface area contributed by atoms with E-state index < -0.39 is 17.5 Å². The van der Waals surface area contributed by atoms with Gasteiger partial charge < -0.3 is 19.4 Å². The van der Waals surface area contributed by atoms with Crippen molar-refractivity contribution in [3.63, 3.8) is 0 Å². The number of halogens is 2. The monoisotopic (exact) mass is 396 g/mol. The number of ether oxygens (including phenoxy) is 2. The molecule has 10 heteroatoms. The van der Waals surface area contributed by atoms with Crippen molar-refractivity contribution in [2.45, 2.75) is 11.5 Å². The van der Waals surface area contributed by atoms with E-state index >= 15 is 0 Å². The molecule has 142 valence electrons. The number of hydrogen-bond donors (Lipinski definition) is 0. The number of nitro groups is 1. The average molecular weight is 396 g/mol. The molecular formula is C17H12F2NO6S-. The number of carboxylic acids is 1. The minimum Gasteiger partial charge on any atom is -0.544 e. The molecule has 7 nitrogen and oxygen atoms in total. The van der Waals surface area contributed by atoms with Crippen LogP contribution in [0.3, 0.4) is 0 Å². The van der Waals surface area contributed by atoms with Crippen LogP contribution in [0.5, 0.6) is 11.5 Å². The Morgan fingerprint density at radius 1 is 1.22 bits per heavy atom. The number of nitro benzene ring substituents is 1. The third kappa shape index (κ3) is 5.42. The van der Waals surface area contributed by atoms with E-state index in [0.29, 0.717) is 4.90 Å². The van der Waals surface area contributed by atoms with Crippen LogP contribution in [0.15, 0.2) is 52.3 Å². The van der Waals surface area contributed by atoms with Crippen LogP contribution in [0, 0.1) is 10.1 Å². The number of benzene rings is 2. The molecule has 0 atom stereocenters. The molecule has 0 bridgehead atoms. The first-order valence-corrected chi connectivity index (χ1v) is 8.10. The first-order valence-electron chi connectivity index (χ1n) is 7.29. The highest BCUT2D eigenvalue weighted by Gasteiger charge is 2.15. The number of aliphatic carboxylic acids is 1. The summed E-state index contributed by atoms with van der Waals surface area (Å²) < 4.78 is 34.8. The van der Waals surface area contributed by atoms with Gasteiger partial charge in [0.1, 0.15) is 0 Å². The maximum atomic E-state index is 12.7. The smallest absolute Gasteiger partial charge is 0.387 e. The number of carbonyl (C=O) groups excluding carboxylic acids is 1. The molecular weight excluding hydrogens is 384 g/mol. The molecule has 2 aromatic rings. The lowest BCUT2D eigenvalue weighted by atomic mass is 10.1. The molecule has 2 rings (SSSR count). The van der Waals surface area contributed by atoms with E-state index in [0.717, 1.165) is 17.8 Å². The largest absolute Gasteiger partial charge is 0.544 e. The van der Waals surface area contributed by atoms with Gasteiger partial charge in [0.2, 0.25) is 0 Å². The number of carboxylic acid groups (broad SMARTS) is 1. The average Bonchev–Trinajstić information content (AvgIpc) is 2.62. The molecule has 0 aliphatic heterocycles. The summed E-state index contributed by atoms with van der Waals surface area (Å²) in [6.45, 7) is -3.14. The van der Waals surface area contributed by atoms with Gasteiger partial charge in [-0.15, -0.1) is 0 Å². The summed E-state index contributed by atoms with van der Waals surface area (Å²) in [6.07, 6.45) is 1.10. The summed E-state index contributed by atoms with van der Waals surface area (Å²) in [5, 5.41) is 22.1. The number of thioether (sulfide) groups is 1. The van der Waals surface area contributed by atoms with Crippen LogP contribution >= 0.6 is 11.8 Å². The Balaban J connectivity index is 2.40. The molecule has 0 aliphatic carbocycles. The van der Waals surface area contributed by atoms with Crippen LogP contribution in [-0.2, 0) is 4.79 Å². The summed E-state index contributed by atoms with van der Waals surface area (Å²) in [5.74, 6) is -1.87. The third-order valence-corrected chi connectivity index (χ3v) is 4.21. The SMILES string of the molecule is COc1cccc(/C=C(/Sc2ccc([N+](=O)[O-])cc2)C(=O)[O-])c1OC(F)F. The highest BCUT2D eigenvalue weighted by Crippen LogP contribution is 2.36. The van der Waals surface area contributed by atoms with E-state index in [-0.39, 0.29) is 27.7 Å². The highest BCUT2D eigenvalue weighted by atomic mass is 32.2. The third-order valence-electron chi connectivity index (χ3n) is 3.20. The predicted molar refractivity (Wildman–Crippen MR) is 91.6 cm³/mol. The zero-order chi connectivity index (χ0) is 20.0. The van der Waals surface area contributed by atoms with Crippen molar-refractivity contribution in [2.24, 2.45) is 0 Å². The first kappa shape index (κ1) is 20.2. The zero-order valence-electron chi connectivity index (χ0n) is 13.8. The van der Waals surface area contributed by atoms with Crippen molar-refractivity contribution in [3.05, 3.63) is 63.0 Å². The number of non-ortho nitro benzene ring substituents is 1. The zero-order valence-corrected chi connectivity index (χ0v) is 14.6. The van der Waals surface area contributed by atoms with Crippen LogP contribution in [0.2, 0.25) is 0 Å². The van der Waals surface area contributed by atoms with E-state index in [1.165, 1.54) is 49.6 Å². The molecule has 0 heterocycles. The first-order chi connectivity index (χ1) is 12.8. The number of para-hydroxylation sites is 1. The second-order valence-corrected chi connectivity index (χ2v) is 6.02. The van der Waals surface area contributed by atoms with Gasteiger partial charge in [0.15, 0.2) is 11.5 Å². The van der Waals surface area contributed by atoms with Gasteiger partial charge in [-0.2, -0.15) is 8.78 Å². The van der Waals surface area contributed by atoms with Crippen molar-refractivity contribution in [3.8, 4) is 11.5 Å². The molecule has 0 saturated heterocycles. The molecule has 2 aromatic carbocycles. The topological polar surface area (TPSA) is 102 Å². The molecule has 0 N–H and O–H groups in total. The highest BCUT2D eigenvalue weighted by molar-refractivity contribution is 8.04. The molecule has 0 radical (unpaired) electrons. The summed E-state index contributed by atoms with van der Waals surface area (Å²) in [7, 11) is 1.26. The number of alkyl halides is 2. The normalized spacial score (nSPS) is 11.3. The maximum Gasteiger partial charge on any atom is 0.387 e. The van der Waals surface area contributed by atoms with Gasteiger partial charge >= 0.3 is 6.61 Å². The van der Waals surface area contributed by atoms with E-state index in [9.17, 15) is 28.8 Å². The fourth-order valence-corrected chi connectivity index (χ4v) is 2.85. The Kier molecular flexibility index (Phi) is 6.72. The molecule has 27 heavy (non-hydrogen) atoms. The lowest BCUT2D eigenvalue weighted by molar-refractivity contribution is -0.384. The van der Waals surface area contributed by atoms with Crippen LogP contribution in [-0.4, -0.2) is 24.6 Å². The van der Waals surface area contributed by atoms with E-state index in [1.807, 2.05) is 0 Å². The van der Waals surface area contributed by atoms with Crippen molar-refractivity contribution in [1.82, 2.24) is 0 Å². The maximum absolute atomic E-state index is 12.7. The van der Waals surface area contributed by atoms with Crippen molar-refractivity contribution in [1.29, 1.82) is 0 Å². The number of hydrogen-bond acceptors (Lipinski definition) is 7. The molecule has 0 aliphatic rings. The Morgan fingerprint density at radius 2 is 1.89 bits per heavy atom. The second-order valence-electron chi connectivity index (χ2n) is 4.91. The van der Waals surface area contributed by atoms with Gasteiger partial charge in [-0.3, -0.25) is 10.1 Å². The van der Waals surface area contributed by atoms with E-state index in [4.69, 9.17) is 4.74 Å². The second kappa shape index (κ2) is 8.99. The van der Waals surface area contributed by atoms with Gasteiger partial charge in [0.25, 0.3) is 5.69 Å². The number of methoxy groups -OCH3 is 1. The summed E-state index contributed by atoms with van der Waals surface area (Å²) >= 11 is 0.746. The van der Waals surface area contributed by atoms with Gasteiger partial charge in [-0.05, 0) is 24.3 Å². The fourth-order valence-electron chi connectivity index (χ4n) is 2.06. The number of nitrogens with zero attached hydrogens (tertiary/aromatic N) is 1. The van der Waals surface area contributed by atoms with E-state index in [1.54, 1.807) is 0 Å². The van der Waals surface area contributed by atoms with Crippen LogP contribution in [0.25, 0.3) is 6.08 Å². The van der Waals surface area contributed by atoms with Gasteiger partial charge in [0.05, 0.1) is 18.0 Å². The molecule has 0 fully saturated rings. The van der Waals surface area contributed by atoms with Crippen LogP contribution in [0.4, 0.5) is 14.5 Å². The number of rotatable bonds is 8. The summed E-state index contributed by atoms with van der Waals surface area (Å²) in [4.78, 5) is 21.6. The van der Waals surface area contributed by atoms with Gasteiger partial charge in [0, 0.05) is 27.5 Å². The summed E-state index contributed by atoms with van der Waals surface area (Å²) in [5.41, 5.74) is -0.109. The standard InChI is InChI=1S/C17H13F2NO6S/c1-25-13-4-2-3-10(15(13)26-17(18)19)9-14(16(21)22)27-12-7-5-11(6-8-12)20(23)24/h2-9,17H,1H3,(H,21,22)/p-1/b14-9+. The number of carbonyl (C=O) groups is 1. The Morgan fingerprint density at radius 3 is 2.41 bits per heavy atom. The quantitative estimate of drug-likeness (QED) is 0.292.